The van der Waals surface area contributed by atoms with Gasteiger partial charge in [-0.05, 0) is 39.1 Å². The van der Waals surface area contributed by atoms with E-state index in [1.54, 1.807) is 6.92 Å². The van der Waals surface area contributed by atoms with Crippen LogP contribution in [0.2, 0.25) is 0 Å². The van der Waals surface area contributed by atoms with Gasteiger partial charge in [0, 0.05) is 36.0 Å². The minimum absolute atomic E-state index is 0.349. The Bertz CT molecular complexity index is 674. The van der Waals surface area contributed by atoms with Crippen LogP contribution in [0.25, 0.3) is 0 Å². The molecule has 23 heavy (non-hydrogen) atoms. The zero-order valence-corrected chi connectivity index (χ0v) is 15.0. The summed E-state index contributed by atoms with van der Waals surface area (Å²) in [6.07, 6.45) is -1.96. The van der Waals surface area contributed by atoms with Gasteiger partial charge in [-0.25, -0.2) is 4.21 Å². The fraction of sp³-hybridized carbons (Fsp3) is 0.500. The molecule has 130 valence electrons. The standard InChI is InChI=1S/C14H20F3N3OS2/c1-5-20(6-2)13(22)19-23(4,21)10(3)11-7-8-12(18-9-11)14(15,16)17/h7-9H,5-6H2,1-4H3,(H,19,21,22). The highest BCUT2D eigenvalue weighted by Crippen LogP contribution is 2.27. The van der Waals surface area contributed by atoms with Gasteiger partial charge in [-0.2, -0.15) is 13.2 Å². The zero-order valence-electron chi connectivity index (χ0n) is 13.4. The Morgan fingerprint density at radius 1 is 1.35 bits per heavy atom. The smallest absolute Gasteiger partial charge is 0.349 e. The van der Waals surface area contributed by atoms with Crippen molar-refractivity contribution in [2.24, 2.45) is 0 Å². The van der Waals surface area contributed by atoms with Gasteiger partial charge in [-0.1, -0.05) is 6.07 Å². The molecule has 0 fully saturated rings. The average Bonchev–Trinajstić information content (AvgIpc) is 2.46. The number of alkyl halides is 3. The van der Waals surface area contributed by atoms with E-state index < -0.39 is 21.6 Å². The third-order valence-corrected chi connectivity index (χ3v) is 5.85. The Morgan fingerprint density at radius 2 is 1.91 bits per heavy atom. The number of aromatic nitrogens is 1. The van der Waals surface area contributed by atoms with Crippen LogP contribution in [0.15, 0.2) is 18.3 Å². The molecule has 0 saturated carbocycles. The predicted molar refractivity (Wildman–Crippen MR) is 91.7 cm³/mol. The van der Waals surface area contributed by atoms with E-state index in [4.69, 9.17) is 12.2 Å². The van der Waals surface area contributed by atoms with Crippen molar-refractivity contribution in [3.63, 3.8) is 0 Å². The first-order chi connectivity index (χ1) is 10.5. The summed E-state index contributed by atoms with van der Waals surface area (Å²) in [6.45, 7) is 6.76. The second-order valence-electron chi connectivity index (χ2n) is 4.91. The molecule has 0 radical (unpaired) electrons. The predicted octanol–water partition coefficient (Wildman–Crippen LogP) is 2.69. The first-order valence-electron chi connectivity index (χ1n) is 6.96. The van der Waals surface area contributed by atoms with Gasteiger partial charge in [0.25, 0.3) is 0 Å². The lowest BCUT2D eigenvalue weighted by atomic mass is 10.2. The van der Waals surface area contributed by atoms with E-state index in [0.717, 1.165) is 12.3 Å². The van der Waals surface area contributed by atoms with Crippen molar-refractivity contribution in [1.29, 1.82) is 0 Å². The van der Waals surface area contributed by atoms with Gasteiger partial charge in [0.2, 0.25) is 0 Å². The van der Waals surface area contributed by atoms with Gasteiger partial charge in [-0.3, -0.25) is 9.71 Å². The van der Waals surface area contributed by atoms with Crippen molar-refractivity contribution >= 4 is 31.9 Å². The minimum Gasteiger partial charge on any atom is -0.349 e. The molecule has 1 unspecified atom stereocenters. The maximum Gasteiger partial charge on any atom is 0.433 e. The van der Waals surface area contributed by atoms with Crippen LogP contribution in [0, 0.1) is 0 Å². The van der Waals surface area contributed by atoms with E-state index >= 15 is 0 Å². The third-order valence-electron chi connectivity index (χ3n) is 3.38. The lowest BCUT2D eigenvalue weighted by Crippen LogP contribution is -2.43. The van der Waals surface area contributed by atoms with Gasteiger partial charge in [-0.15, -0.1) is 0 Å². The van der Waals surface area contributed by atoms with Crippen molar-refractivity contribution in [2.45, 2.75) is 26.9 Å². The number of nitrogens with zero attached hydrogens (tertiary/aromatic N) is 2. The van der Waals surface area contributed by atoms with Gasteiger partial charge >= 0.3 is 6.18 Å². The molecule has 1 atom stereocenters. The maximum atomic E-state index is 12.8. The minimum atomic E-state index is -4.50. The lowest BCUT2D eigenvalue weighted by Gasteiger charge is -2.24. The van der Waals surface area contributed by atoms with E-state index in [1.807, 2.05) is 18.7 Å². The molecule has 1 N–H and O–H groups in total. The van der Waals surface area contributed by atoms with Crippen LogP contribution in [-0.2, 0) is 15.9 Å². The van der Waals surface area contributed by atoms with Crippen molar-refractivity contribution < 1.29 is 17.4 Å². The molecule has 0 bridgehead atoms. The largest absolute Gasteiger partial charge is 0.433 e. The summed E-state index contributed by atoms with van der Waals surface area (Å²) in [6, 6.07) is 2.13. The highest BCUT2D eigenvalue weighted by Gasteiger charge is 2.32. The number of halogens is 3. The molecule has 1 heterocycles. The van der Waals surface area contributed by atoms with Crippen LogP contribution in [0.5, 0.6) is 0 Å². The van der Waals surface area contributed by atoms with Crippen molar-refractivity contribution in [3.05, 3.63) is 29.6 Å². The first-order valence-corrected chi connectivity index (χ1v) is 9.33. The number of hydrogen-bond acceptors (Lipinski definition) is 3. The fourth-order valence-corrected chi connectivity index (χ4v) is 3.73. The number of hydrogen-bond donors (Lipinski definition) is 1. The van der Waals surface area contributed by atoms with E-state index in [0.29, 0.717) is 28.6 Å². The Morgan fingerprint density at radius 3 is 2.30 bits per heavy atom. The summed E-state index contributed by atoms with van der Waals surface area (Å²) in [4.78, 5) is 5.62. The molecular formula is C14H20F3N3OS2. The van der Waals surface area contributed by atoms with Crippen LogP contribution >= 0.6 is 12.2 Å². The molecule has 9 heteroatoms. The molecule has 1 aromatic heterocycles. The van der Waals surface area contributed by atoms with Crippen LogP contribution in [0.1, 0.15) is 32.0 Å². The summed E-state index contributed by atoms with van der Waals surface area (Å²) in [5.74, 6) is 0. The van der Waals surface area contributed by atoms with E-state index in [1.165, 1.54) is 12.3 Å². The quantitative estimate of drug-likeness (QED) is 0.657. The summed E-state index contributed by atoms with van der Waals surface area (Å²) in [5, 5.41) is 0.349. The molecule has 0 aromatic carbocycles. The number of pyridine rings is 1. The molecular weight excluding hydrogens is 347 g/mol. The van der Waals surface area contributed by atoms with Gasteiger partial charge in [0.15, 0.2) is 5.11 Å². The van der Waals surface area contributed by atoms with Crippen LogP contribution < -0.4 is 4.72 Å². The molecule has 0 aliphatic carbocycles. The molecule has 0 aliphatic rings. The second kappa shape index (κ2) is 7.48. The van der Waals surface area contributed by atoms with Crippen LogP contribution in [0.4, 0.5) is 13.2 Å². The van der Waals surface area contributed by atoms with E-state index in [2.05, 4.69) is 9.71 Å². The normalized spacial score (nSPS) is 14.0. The molecule has 1 aromatic rings. The molecule has 0 saturated heterocycles. The van der Waals surface area contributed by atoms with Crippen LogP contribution in [-0.4, -0.2) is 43.4 Å². The summed E-state index contributed by atoms with van der Waals surface area (Å²) < 4.78 is 53.2. The number of thiocarbonyl (C=S) groups is 1. The average molecular weight is 367 g/mol. The molecule has 0 aliphatic heterocycles. The lowest BCUT2D eigenvalue weighted by molar-refractivity contribution is -0.141. The summed E-state index contributed by atoms with van der Waals surface area (Å²) in [7, 11) is -2.71. The first kappa shape index (κ1) is 19.7. The van der Waals surface area contributed by atoms with Gasteiger partial charge < -0.3 is 4.90 Å². The van der Waals surface area contributed by atoms with Crippen molar-refractivity contribution in [2.75, 3.05) is 19.3 Å². The van der Waals surface area contributed by atoms with E-state index in [-0.39, 0.29) is 0 Å². The highest BCUT2D eigenvalue weighted by molar-refractivity contribution is 8.01. The second-order valence-corrected chi connectivity index (χ2v) is 7.80. The molecule has 1 rings (SSSR count). The summed E-state index contributed by atoms with van der Waals surface area (Å²) >= 11 is 5.22. The topological polar surface area (TPSA) is 45.2 Å². The Balaban J connectivity index is 3.12. The Hall–Kier alpha value is -1.35. The van der Waals surface area contributed by atoms with Crippen LogP contribution in [0.3, 0.4) is 0 Å². The molecule has 0 spiro atoms. The highest BCUT2D eigenvalue weighted by atomic mass is 32.2. The van der Waals surface area contributed by atoms with E-state index in [9.17, 15) is 17.4 Å². The fourth-order valence-electron chi connectivity index (χ4n) is 1.81. The Kier molecular flexibility index (Phi) is 6.41. The third kappa shape index (κ3) is 5.07. The zero-order chi connectivity index (χ0) is 17.8. The maximum absolute atomic E-state index is 12.8. The monoisotopic (exact) mass is 367 g/mol. The van der Waals surface area contributed by atoms with Gasteiger partial charge in [0.05, 0.1) is 9.71 Å². The molecule has 4 nitrogen and oxygen atoms in total. The van der Waals surface area contributed by atoms with Crippen molar-refractivity contribution in [3.8, 4) is 0 Å². The Labute approximate surface area is 140 Å². The summed E-state index contributed by atoms with van der Waals surface area (Å²) in [5.41, 5.74) is -0.608. The number of rotatable bonds is 4. The van der Waals surface area contributed by atoms with Crippen molar-refractivity contribution in [1.82, 2.24) is 14.6 Å². The number of nitrogens with one attached hydrogen (secondary N) is 1. The SMILES string of the molecule is CCN(CC)C(=S)NS(C)(=O)=C(C)c1ccc(C(F)(F)F)nc1. The van der Waals surface area contributed by atoms with Gasteiger partial charge in [0.1, 0.15) is 5.69 Å². The molecule has 0 amide bonds.